The van der Waals surface area contributed by atoms with E-state index in [4.69, 9.17) is 4.74 Å². The zero-order valence-electron chi connectivity index (χ0n) is 12.5. The van der Waals surface area contributed by atoms with E-state index < -0.39 is 0 Å². The Bertz CT molecular complexity index is 666. The molecule has 0 fully saturated rings. The minimum atomic E-state index is 0.418. The minimum Gasteiger partial charge on any atom is -0.437 e. The predicted molar refractivity (Wildman–Crippen MR) is 88.0 cm³/mol. The van der Waals surface area contributed by atoms with Gasteiger partial charge in [-0.15, -0.1) is 24.8 Å². The van der Waals surface area contributed by atoms with Crippen LogP contribution in [0.3, 0.4) is 0 Å². The van der Waals surface area contributed by atoms with Crippen molar-refractivity contribution in [2.24, 2.45) is 0 Å². The van der Waals surface area contributed by atoms with E-state index in [2.05, 4.69) is 41.2 Å². The van der Waals surface area contributed by atoms with Crippen LogP contribution in [-0.4, -0.2) is 15.4 Å². The Morgan fingerprint density at radius 3 is 2.27 bits per heavy atom. The van der Waals surface area contributed by atoms with Gasteiger partial charge in [-0.05, 0) is 41.7 Å². The Labute approximate surface area is 130 Å². The first kappa shape index (κ1) is 15.6. The second-order valence-electron chi connectivity index (χ2n) is 4.72. The van der Waals surface area contributed by atoms with Gasteiger partial charge in [0.25, 0.3) is 0 Å². The molecule has 0 aliphatic heterocycles. The van der Waals surface area contributed by atoms with Crippen molar-refractivity contribution in [2.45, 2.75) is 19.3 Å². The first-order valence-corrected chi connectivity index (χ1v) is 7.08. The molecule has 1 heterocycles. The summed E-state index contributed by atoms with van der Waals surface area (Å²) >= 11 is 0. The third-order valence-electron chi connectivity index (χ3n) is 3.24. The van der Waals surface area contributed by atoms with Crippen LogP contribution in [0.25, 0.3) is 0 Å². The number of nitrogens with zero attached hydrogens (tertiary/aromatic N) is 3. The van der Waals surface area contributed by atoms with Crippen LogP contribution in [0, 0.1) is 0 Å². The highest BCUT2D eigenvalue weighted by atomic mass is 16.5. The molecule has 0 N–H and O–H groups in total. The summed E-state index contributed by atoms with van der Waals surface area (Å²) in [6.45, 7) is 11.5. The van der Waals surface area contributed by atoms with Gasteiger partial charge in [0.05, 0.1) is 6.20 Å². The minimum absolute atomic E-state index is 0.418. The van der Waals surface area contributed by atoms with Crippen LogP contribution in [0.5, 0.6) is 11.6 Å². The molecule has 0 amide bonds. The molecule has 0 unspecified atom stereocenters. The van der Waals surface area contributed by atoms with Crippen LogP contribution < -0.4 is 4.74 Å². The van der Waals surface area contributed by atoms with Gasteiger partial charge in [-0.2, -0.15) is 0 Å². The number of hydrogen-bond acceptors (Lipinski definition) is 4. The fourth-order valence-corrected chi connectivity index (χ4v) is 2.33. The molecule has 0 aliphatic carbocycles. The maximum atomic E-state index is 5.86. The predicted octanol–water partition coefficient (Wildman–Crippen LogP) is 3.85. The van der Waals surface area contributed by atoms with Crippen molar-refractivity contribution in [1.82, 2.24) is 15.4 Å². The van der Waals surface area contributed by atoms with Crippen molar-refractivity contribution in [3.8, 4) is 11.6 Å². The van der Waals surface area contributed by atoms with E-state index in [1.807, 2.05) is 24.3 Å². The third kappa shape index (κ3) is 3.67. The van der Waals surface area contributed by atoms with Gasteiger partial charge in [0.2, 0.25) is 5.88 Å². The number of benzene rings is 1. The van der Waals surface area contributed by atoms with Crippen molar-refractivity contribution in [3.63, 3.8) is 0 Å². The van der Waals surface area contributed by atoms with Crippen molar-refractivity contribution >= 4 is 0 Å². The van der Waals surface area contributed by atoms with Crippen molar-refractivity contribution in [1.29, 1.82) is 0 Å². The molecule has 0 aliphatic rings. The van der Waals surface area contributed by atoms with E-state index >= 15 is 0 Å². The Morgan fingerprint density at radius 2 is 1.64 bits per heavy atom. The monoisotopic (exact) mass is 293 g/mol. The maximum absolute atomic E-state index is 5.86. The Hall–Kier alpha value is -2.75. The SMILES string of the molecule is C=CCc1ccc(Oc2ccnnn2)c(CC=C)c1CC=C. The standard InChI is InChI=1S/C18H19N3O/c1-4-7-14-10-11-17(22-18-12-13-19-21-20-18)16(9-6-3)15(14)8-5-2/h4-6,10-13H,1-3,7-9H2. The van der Waals surface area contributed by atoms with Crippen LogP contribution in [0.1, 0.15) is 16.7 Å². The molecule has 0 bridgehead atoms. The lowest BCUT2D eigenvalue weighted by Crippen LogP contribution is -2.02. The molecule has 0 saturated carbocycles. The molecule has 4 heteroatoms. The van der Waals surface area contributed by atoms with Crippen LogP contribution in [0.2, 0.25) is 0 Å². The summed E-state index contributed by atoms with van der Waals surface area (Å²) in [6.07, 6.45) is 9.49. The van der Waals surface area contributed by atoms with Gasteiger partial charge in [-0.1, -0.05) is 29.4 Å². The number of hydrogen-bond donors (Lipinski definition) is 0. The highest BCUT2D eigenvalue weighted by Gasteiger charge is 2.13. The molecule has 0 saturated heterocycles. The van der Waals surface area contributed by atoms with Crippen LogP contribution in [0.4, 0.5) is 0 Å². The summed E-state index contributed by atoms with van der Waals surface area (Å²) in [5.41, 5.74) is 3.52. The quantitative estimate of drug-likeness (QED) is 0.694. The zero-order valence-corrected chi connectivity index (χ0v) is 12.5. The number of ether oxygens (including phenoxy) is 1. The van der Waals surface area contributed by atoms with Gasteiger partial charge in [-0.25, -0.2) is 0 Å². The van der Waals surface area contributed by atoms with E-state index in [1.165, 1.54) is 11.1 Å². The summed E-state index contributed by atoms with van der Waals surface area (Å²) in [5.74, 6) is 1.17. The largest absolute Gasteiger partial charge is 0.437 e. The Balaban J connectivity index is 2.48. The smallest absolute Gasteiger partial charge is 0.242 e. The lowest BCUT2D eigenvalue weighted by atomic mass is 9.93. The van der Waals surface area contributed by atoms with E-state index in [0.717, 1.165) is 24.2 Å². The highest BCUT2D eigenvalue weighted by molar-refractivity contribution is 5.48. The molecular formula is C18H19N3O. The average Bonchev–Trinajstić information content (AvgIpc) is 2.54. The molecule has 1 aromatic carbocycles. The van der Waals surface area contributed by atoms with Gasteiger partial charge in [0.15, 0.2) is 0 Å². The summed E-state index contributed by atoms with van der Waals surface area (Å²) in [4.78, 5) is 0. The van der Waals surface area contributed by atoms with Gasteiger partial charge in [-0.3, -0.25) is 0 Å². The lowest BCUT2D eigenvalue weighted by Gasteiger charge is -2.16. The molecule has 1 aromatic heterocycles. The number of rotatable bonds is 8. The van der Waals surface area contributed by atoms with E-state index in [-0.39, 0.29) is 0 Å². The molecule has 112 valence electrons. The van der Waals surface area contributed by atoms with Crippen LogP contribution >= 0.6 is 0 Å². The third-order valence-corrected chi connectivity index (χ3v) is 3.24. The van der Waals surface area contributed by atoms with E-state index in [9.17, 15) is 0 Å². The molecule has 0 atom stereocenters. The second-order valence-corrected chi connectivity index (χ2v) is 4.72. The Kier molecular flexibility index (Phi) is 5.60. The van der Waals surface area contributed by atoms with Gasteiger partial charge < -0.3 is 4.74 Å². The van der Waals surface area contributed by atoms with Gasteiger partial charge in [0.1, 0.15) is 5.75 Å². The van der Waals surface area contributed by atoms with Gasteiger partial charge in [0, 0.05) is 11.6 Å². The summed E-state index contributed by atoms with van der Waals surface area (Å²) < 4.78 is 5.86. The van der Waals surface area contributed by atoms with Crippen molar-refractivity contribution < 1.29 is 4.74 Å². The molecule has 0 radical (unpaired) electrons. The average molecular weight is 293 g/mol. The second kappa shape index (κ2) is 7.88. The van der Waals surface area contributed by atoms with Gasteiger partial charge >= 0.3 is 0 Å². The molecular weight excluding hydrogens is 274 g/mol. The molecule has 22 heavy (non-hydrogen) atoms. The van der Waals surface area contributed by atoms with Crippen LogP contribution in [-0.2, 0) is 19.3 Å². The normalized spacial score (nSPS) is 10.0. The first-order valence-electron chi connectivity index (χ1n) is 7.08. The number of allylic oxidation sites excluding steroid dienone is 3. The fourth-order valence-electron chi connectivity index (χ4n) is 2.33. The van der Waals surface area contributed by atoms with Crippen LogP contribution in [0.15, 0.2) is 62.4 Å². The summed E-state index contributed by atoms with van der Waals surface area (Å²) in [5, 5.41) is 11.1. The Morgan fingerprint density at radius 1 is 0.909 bits per heavy atom. The first-order chi connectivity index (χ1) is 10.8. The molecule has 4 nitrogen and oxygen atoms in total. The molecule has 2 aromatic rings. The van der Waals surface area contributed by atoms with E-state index in [1.54, 1.807) is 12.3 Å². The number of aromatic nitrogens is 3. The fraction of sp³-hybridized carbons (Fsp3) is 0.167. The molecule has 2 rings (SSSR count). The molecule has 0 spiro atoms. The maximum Gasteiger partial charge on any atom is 0.242 e. The van der Waals surface area contributed by atoms with E-state index in [0.29, 0.717) is 12.3 Å². The van der Waals surface area contributed by atoms with Crippen molar-refractivity contribution in [2.75, 3.05) is 0 Å². The highest BCUT2D eigenvalue weighted by Crippen LogP contribution is 2.30. The summed E-state index contributed by atoms with van der Waals surface area (Å²) in [6, 6.07) is 5.68. The zero-order chi connectivity index (χ0) is 15.8. The summed E-state index contributed by atoms with van der Waals surface area (Å²) in [7, 11) is 0. The lowest BCUT2D eigenvalue weighted by molar-refractivity contribution is 0.445. The van der Waals surface area contributed by atoms with Crippen molar-refractivity contribution in [3.05, 3.63) is 79.1 Å². The topological polar surface area (TPSA) is 47.9 Å².